The Morgan fingerprint density at radius 1 is 1.54 bits per heavy atom. The molecule has 0 N–H and O–H groups in total. The van der Waals surface area contributed by atoms with Crippen LogP contribution in [0.15, 0.2) is 0 Å². The topological polar surface area (TPSA) is 17.1 Å². The second kappa shape index (κ2) is 3.81. The van der Waals surface area contributed by atoms with E-state index >= 15 is 0 Å². The number of Topliss-reactive ketones (excluding diaryl/α,β-unsaturated/α-hetero) is 1. The van der Waals surface area contributed by atoms with Gasteiger partial charge in [-0.25, -0.2) is 0 Å². The van der Waals surface area contributed by atoms with Crippen LogP contribution < -0.4 is 0 Å². The molecule has 0 amide bonds. The molecule has 0 bridgehead atoms. The van der Waals surface area contributed by atoms with Crippen molar-refractivity contribution in [1.29, 1.82) is 0 Å². The first-order valence-electron chi connectivity index (χ1n) is 5.59. The molecular weight excluding hydrogens is 160 g/mol. The van der Waals surface area contributed by atoms with Gasteiger partial charge in [0.25, 0.3) is 0 Å². The average Bonchev–Trinajstić information content (AvgIpc) is 2.43. The van der Waals surface area contributed by atoms with Gasteiger partial charge in [-0.3, -0.25) is 4.79 Å². The van der Waals surface area contributed by atoms with E-state index in [0.29, 0.717) is 17.6 Å². The molecule has 0 aromatic carbocycles. The van der Waals surface area contributed by atoms with E-state index in [1.807, 2.05) is 0 Å². The maximum absolute atomic E-state index is 11.8. The molecule has 1 rings (SSSR count). The molecule has 1 aliphatic rings. The summed E-state index contributed by atoms with van der Waals surface area (Å²) in [5, 5.41) is 0. The molecule has 3 unspecified atom stereocenters. The second-order valence-electron chi connectivity index (χ2n) is 4.72. The van der Waals surface area contributed by atoms with E-state index in [9.17, 15) is 4.79 Å². The third-order valence-electron chi connectivity index (χ3n) is 4.20. The highest BCUT2D eigenvalue weighted by atomic mass is 16.1. The Labute approximate surface area is 81.9 Å². The molecular formula is C12H22O. The highest BCUT2D eigenvalue weighted by molar-refractivity contribution is 5.86. The van der Waals surface area contributed by atoms with Gasteiger partial charge in [0, 0.05) is 11.8 Å². The van der Waals surface area contributed by atoms with Crippen molar-refractivity contribution in [3.05, 3.63) is 0 Å². The Morgan fingerprint density at radius 2 is 2.15 bits per heavy atom. The number of hydrogen-bond acceptors (Lipinski definition) is 1. The van der Waals surface area contributed by atoms with Crippen LogP contribution in [0.4, 0.5) is 0 Å². The Hall–Kier alpha value is -0.330. The Balaban J connectivity index is 2.81. The molecule has 0 aliphatic heterocycles. The zero-order valence-electron chi connectivity index (χ0n) is 9.39. The van der Waals surface area contributed by atoms with Gasteiger partial charge in [-0.2, -0.15) is 0 Å². The first kappa shape index (κ1) is 10.7. The summed E-state index contributed by atoms with van der Waals surface area (Å²) in [6.07, 6.45) is 4.16. The lowest BCUT2D eigenvalue weighted by Gasteiger charge is -2.32. The predicted octanol–water partition coefficient (Wildman–Crippen LogP) is 3.43. The van der Waals surface area contributed by atoms with E-state index in [4.69, 9.17) is 0 Å². The fourth-order valence-corrected chi connectivity index (χ4v) is 2.75. The zero-order chi connectivity index (χ0) is 10.1. The number of ketones is 1. The lowest BCUT2D eigenvalue weighted by atomic mass is 9.71. The van der Waals surface area contributed by atoms with Crippen LogP contribution in [-0.4, -0.2) is 5.78 Å². The SMILES string of the molecule is CCC(C)C1CCC(=O)C1(C)CC. The van der Waals surface area contributed by atoms with Crippen molar-refractivity contribution in [1.82, 2.24) is 0 Å². The smallest absolute Gasteiger partial charge is 0.139 e. The van der Waals surface area contributed by atoms with Crippen LogP contribution in [0.3, 0.4) is 0 Å². The van der Waals surface area contributed by atoms with Crippen molar-refractivity contribution < 1.29 is 4.79 Å². The highest BCUT2D eigenvalue weighted by Crippen LogP contribution is 2.47. The number of hydrogen-bond donors (Lipinski definition) is 0. The third-order valence-corrected chi connectivity index (χ3v) is 4.20. The summed E-state index contributed by atoms with van der Waals surface area (Å²) >= 11 is 0. The molecule has 1 aliphatic carbocycles. The molecule has 13 heavy (non-hydrogen) atoms. The molecule has 0 radical (unpaired) electrons. The molecule has 76 valence electrons. The van der Waals surface area contributed by atoms with E-state index in [0.717, 1.165) is 19.3 Å². The lowest BCUT2D eigenvalue weighted by Crippen LogP contribution is -2.31. The Kier molecular flexibility index (Phi) is 3.15. The van der Waals surface area contributed by atoms with Gasteiger partial charge >= 0.3 is 0 Å². The standard InChI is InChI=1S/C12H22O/c1-5-9(3)10-7-8-11(13)12(10,4)6-2/h9-10H,5-8H2,1-4H3. The molecule has 0 aromatic heterocycles. The summed E-state index contributed by atoms with van der Waals surface area (Å²) in [7, 11) is 0. The molecule has 1 saturated carbocycles. The van der Waals surface area contributed by atoms with Crippen molar-refractivity contribution in [2.24, 2.45) is 17.3 Å². The molecule has 0 heterocycles. The average molecular weight is 182 g/mol. The van der Waals surface area contributed by atoms with E-state index in [1.165, 1.54) is 6.42 Å². The monoisotopic (exact) mass is 182 g/mol. The molecule has 0 aromatic rings. The maximum atomic E-state index is 11.8. The molecule has 1 nitrogen and oxygen atoms in total. The van der Waals surface area contributed by atoms with Crippen LogP contribution in [0.25, 0.3) is 0 Å². The minimum atomic E-state index is -0.00454. The number of carbonyl (C=O) groups is 1. The van der Waals surface area contributed by atoms with Crippen LogP contribution in [0.1, 0.15) is 53.4 Å². The van der Waals surface area contributed by atoms with Crippen molar-refractivity contribution in [2.45, 2.75) is 53.4 Å². The van der Waals surface area contributed by atoms with E-state index in [1.54, 1.807) is 0 Å². The number of carbonyl (C=O) groups excluding carboxylic acids is 1. The van der Waals surface area contributed by atoms with Crippen molar-refractivity contribution in [3.63, 3.8) is 0 Å². The summed E-state index contributed by atoms with van der Waals surface area (Å²) in [6.45, 7) is 8.83. The Bertz CT molecular complexity index is 197. The highest BCUT2D eigenvalue weighted by Gasteiger charge is 2.45. The number of rotatable bonds is 3. The quantitative estimate of drug-likeness (QED) is 0.653. The Morgan fingerprint density at radius 3 is 2.62 bits per heavy atom. The fraction of sp³-hybridized carbons (Fsp3) is 0.917. The largest absolute Gasteiger partial charge is 0.299 e. The fourth-order valence-electron chi connectivity index (χ4n) is 2.75. The first-order chi connectivity index (χ1) is 6.06. The van der Waals surface area contributed by atoms with Crippen molar-refractivity contribution in [3.8, 4) is 0 Å². The van der Waals surface area contributed by atoms with Gasteiger partial charge in [0.2, 0.25) is 0 Å². The summed E-state index contributed by atoms with van der Waals surface area (Å²) in [5.74, 6) is 1.84. The maximum Gasteiger partial charge on any atom is 0.139 e. The minimum Gasteiger partial charge on any atom is -0.299 e. The normalized spacial score (nSPS) is 36.6. The first-order valence-corrected chi connectivity index (χ1v) is 5.59. The second-order valence-corrected chi connectivity index (χ2v) is 4.72. The summed E-state index contributed by atoms with van der Waals surface area (Å²) in [5.41, 5.74) is -0.00454. The van der Waals surface area contributed by atoms with Gasteiger partial charge in [0.15, 0.2) is 0 Å². The zero-order valence-corrected chi connectivity index (χ0v) is 9.39. The van der Waals surface area contributed by atoms with Crippen LogP contribution in [-0.2, 0) is 4.79 Å². The van der Waals surface area contributed by atoms with Crippen molar-refractivity contribution >= 4 is 5.78 Å². The van der Waals surface area contributed by atoms with Gasteiger partial charge in [-0.05, 0) is 24.7 Å². The van der Waals surface area contributed by atoms with Crippen LogP contribution in [0, 0.1) is 17.3 Å². The minimum absolute atomic E-state index is 0.00454. The van der Waals surface area contributed by atoms with Gasteiger partial charge in [0.1, 0.15) is 5.78 Å². The van der Waals surface area contributed by atoms with Gasteiger partial charge in [0.05, 0.1) is 0 Å². The van der Waals surface area contributed by atoms with Gasteiger partial charge in [-0.15, -0.1) is 0 Å². The van der Waals surface area contributed by atoms with Gasteiger partial charge < -0.3 is 0 Å². The molecule has 1 fully saturated rings. The third kappa shape index (κ3) is 1.66. The van der Waals surface area contributed by atoms with Crippen molar-refractivity contribution in [2.75, 3.05) is 0 Å². The summed E-state index contributed by atoms with van der Waals surface area (Å²) < 4.78 is 0. The molecule has 3 atom stereocenters. The summed E-state index contributed by atoms with van der Waals surface area (Å²) in [4.78, 5) is 11.8. The van der Waals surface area contributed by atoms with E-state index < -0.39 is 0 Å². The lowest BCUT2D eigenvalue weighted by molar-refractivity contribution is -0.127. The summed E-state index contributed by atoms with van der Waals surface area (Å²) in [6, 6.07) is 0. The van der Waals surface area contributed by atoms with E-state index in [-0.39, 0.29) is 5.41 Å². The molecule has 0 saturated heterocycles. The van der Waals surface area contributed by atoms with Crippen LogP contribution >= 0.6 is 0 Å². The molecule has 1 heteroatoms. The van der Waals surface area contributed by atoms with Gasteiger partial charge in [-0.1, -0.05) is 34.1 Å². The van der Waals surface area contributed by atoms with E-state index in [2.05, 4.69) is 27.7 Å². The predicted molar refractivity (Wildman–Crippen MR) is 55.6 cm³/mol. The molecule has 0 spiro atoms. The van der Waals surface area contributed by atoms with Crippen LogP contribution in [0.2, 0.25) is 0 Å². The van der Waals surface area contributed by atoms with Crippen LogP contribution in [0.5, 0.6) is 0 Å².